The molecule has 0 saturated heterocycles. The number of phenols is 1. The van der Waals surface area contributed by atoms with E-state index < -0.39 is 0 Å². The summed E-state index contributed by atoms with van der Waals surface area (Å²) in [7, 11) is 0. The van der Waals surface area contributed by atoms with Gasteiger partial charge in [0.2, 0.25) is 0 Å². The Morgan fingerprint density at radius 2 is 1.72 bits per heavy atom. The average Bonchev–Trinajstić information content (AvgIpc) is 2.63. The molecule has 0 atom stereocenters. The highest BCUT2D eigenvalue weighted by atomic mass is 16.5. The van der Waals surface area contributed by atoms with E-state index in [0.29, 0.717) is 12.4 Å². The Morgan fingerprint density at radius 3 is 2.36 bits per heavy atom. The summed E-state index contributed by atoms with van der Waals surface area (Å²) in [4.78, 5) is 11.7. The third-order valence-corrected chi connectivity index (χ3v) is 3.26. The first kappa shape index (κ1) is 18.3. The van der Waals surface area contributed by atoms with Crippen molar-refractivity contribution in [3.63, 3.8) is 0 Å². The van der Waals surface area contributed by atoms with Crippen LogP contribution in [0.2, 0.25) is 0 Å². The SMILES string of the molecule is CCCCOc1ccc(OCC(=O)N/N=C/c2ccc(O)cc2)cc1. The zero-order valence-corrected chi connectivity index (χ0v) is 14.1. The highest BCUT2D eigenvalue weighted by molar-refractivity contribution is 5.83. The normalized spacial score (nSPS) is 10.6. The summed E-state index contributed by atoms with van der Waals surface area (Å²) in [6, 6.07) is 13.6. The van der Waals surface area contributed by atoms with Gasteiger partial charge in [0.05, 0.1) is 12.8 Å². The monoisotopic (exact) mass is 342 g/mol. The molecule has 0 aliphatic carbocycles. The summed E-state index contributed by atoms with van der Waals surface area (Å²) in [5.74, 6) is 1.18. The Kier molecular flexibility index (Phi) is 7.31. The van der Waals surface area contributed by atoms with Gasteiger partial charge in [0.25, 0.3) is 5.91 Å². The number of carbonyl (C=O) groups is 1. The maximum atomic E-state index is 11.7. The Bertz CT molecular complexity index is 682. The summed E-state index contributed by atoms with van der Waals surface area (Å²) >= 11 is 0. The van der Waals surface area contributed by atoms with Gasteiger partial charge in [0, 0.05) is 0 Å². The Morgan fingerprint density at radius 1 is 1.08 bits per heavy atom. The number of benzene rings is 2. The third kappa shape index (κ3) is 6.95. The maximum Gasteiger partial charge on any atom is 0.277 e. The van der Waals surface area contributed by atoms with Crippen molar-refractivity contribution in [3.05, 3.63) is 54.1 Å². The van der Waals surface area contributed by atoms with E-state index in [1.54, 1.807) is 36.4 Å². The number of ether oxygens (including phenoxy) is 2. The van der Waals surface area contributed by atoms with E-state index in [-0.39, 0.29) is 18.3 Å². The van der Waals surface area contributed by atoms with E-state index in [9.17, 15) is 9.90 Å². The van der Waals surface area contributed by atoms with Crippen LogP contribution in [0.3, 0.4) is 0 Å². The second-order valence-electron chi connectivity index (χ2n) is 5.35. The molecule has 0 spiro atoms. The first-order valence-electron chi connectivity index (χ1n) is 8.14. The molecule has 0 unspecified atom stereocenters. The number of nitrogens with zero attached hydrogens (tertiary/aromatic N) is 1. The van der Waals surface area contributed by atoms with Crippen LogP contribution in [0.1, 0.15) is 25.3 Å². The van der Waals surface area contributed by atoms with Crippen LogP contribution in [0.25, 0.3) is 0 Å². The molecular formula is C19H22N2O4. The second-order valence-corrected chi connectivity index (χ2v) is 5.35. The van der Waals surface area contributed by atoms with Crippen LogP contribution in [-0.2, 0) is 4.79 Å². The van der Waals surface area contributed by atoms with E-state index in [2.05, 4.69) is 17.5 Å². The van der Waals surface area contributed by atoms with Crippen molar-refractivity contribution in [1.29, 1.82) is 0 Å². The van der Waals surface area contributed by atoms with Crippen LogP contribution in [0.4, 0.5) is 0 Å². The van der Waals surface area contributed by atoms with Crippen molar-refractivity contribution in [2.75, 3.05) is 13.2 Å². The van der Waals surface area contributed by atoms with Crippen molar-refractivity contribution < 1.29 is 19.4 Å². The van der Waals surface area contributed by atoms with Crippen LogP contribution in [-0.4, -0.2) is 30.4 Å². The molecule has 2 N–H and O–H groups in total. The number of hydrazone groups is 1. The van der Waals surface area contributed by atoms with Crippen LogP contribution >= 0.6 is 0 Å². The molecule has 2 aromatic rings. The first-order chi connectivity index (χ1) is 12.2. The zero-order chi connectivity index (χ0) is 17.9. The predicted octanol–water partition coefficient (Wildman–Crippen LogP) is 3.10. The average molecular weight is 342 g/mol. The van der Waals surface area contributed by atoms with Gasteiger partial charge in [-0.15, -0.1) is 0 Å². The number of hydrogen-bond acceptors (Lipinski definition) is 5. The van der Waals surface area contributed by atoms with Crippen LogP contribution in [0, 0.1) is 0 Å². The molecular weight excluding hydrogens is 320 g/mol. The molecule has 0 heterocycles. The van der Waals surface area contributed by atoms with Crippen molar-refractivity contribution in [2.24, 2.45) is 5.10 Å². The molecule has 0 saturated carbocycles. The molecule has 0 aliphatic rings. The lowest BCUT2D eigenvalue weighted by atomic mass is 10.2. The quantitative estimate of drug-likeness (QED) is 0.417. The van der Waals surface area contributed by atoms with Crippen molar-refractivity contribution in [1.82, 2.24) is 5.43 Å². The highest BCUT2D eigenvalue weighted by Crippen LogP contribution is 2.17. The molecule has 0 fully saturated rings. The third-order valence-electron chi connectivity index (χ3n) is 3.26. The number of nitrogens with one attached hydrogen (secondary N) is 1. The van der Waals surface area contributed by atoms with Gasteiger partial charge in [-0.1, -0.05) is 13.3 Å². The molecule has 2 rings (SSSR count). The highest BCUT2D eigenvalue weighted by Gasteiger charge is 2.02. The molecule has 0 bridgehead atoms. The predicted molar refractivity (Wildman–Crippen MR) is 96.2 cm³/mol. The Hall–Kier alpha value is -3.02. The number of aromatic hydroxyl groups is 1. The van der Waals surface area contributed by atoms with Crippen LogP contribution < -0.4 is 14.9 Å². The molecule has 1 amide bonds. The summed E-state index contributed by atoms with van der Waals surface area (Å²) in [5, 5.41) is 13.0. The smallest absolute Gasteiger partial charge is 0.277 e. The van der Waals surface area contributed by atoms with E-state index in [4.69, 9.17) is 9.47 Å². The topological polar surface area (TPSA) is 80.2 Å². The van der Waals surface area contributed by atoms with Gasteiger partial charge in [0.1, 0.15) is 17.2 Å². The fourth-order valence-corrected chi connectivity index (χ4v) is 1.89. The summed E-state index contributed by atoms with van der Waals surface area (Å²) < 4.78 is 11.0. The van der Waals surface area contributed by atoms with Gasteiger partial charge in [-0.05, 0) is 60.5 Å². The minimum atomic E-state index is -0.363. The van der Waals surface area contributed by atoms with E-state index >= 15 is 0 Å². The van der Waals surface area contributed by atoms with Gasteiger partial charge in [-0.3, -0.25) is 4.79 Å². The van der Waals surface area contributed by atoms with Gasteiger partial charge in [-0.2, -0.15) is 5.10 Å². The van der Waals surface area contributed by atoms with Crippen LogP contribution in [0.15, 0.2) is 53.6 Å². The number of amides is 1. The van der Waals surface area contributed by atoms with Crippen LogP contribution in [0.5, 0.6) is 17.2 Å². The van der Waals surface area contributed by atoms with E-state index in [1.807, 2.05) is 12.1 Å². The van der Waals surface area contributed by atoms with E-state index in [1.165, 1.54) is 6.21 Å². The molecule has 0 aromatic heterocycles. The summed E-state index contributed by atoms with van der Waals surface area (Å²) in [6.45, 7) is 2.67. The minimum Gasteiger partial charge on any atom is -0.508 e. The molecule has 6 nitrogen and oxygen atoms in total. The number of unbranched alkanes of at least 4 members (excludes halogenated alkanes) is 1. The lowest BCUT2D eigenvalue weighted by Crippen LogP contribution is -2.24. The first-order valence-corrected chi connectivity index (χ1v) is 8.14. The standard InChI is InChI=1S/C19H22N2O4/c1-2-3-12-24-17-8-10-18(11-9-17)25-14-19(23)21-20-13-15-4-6-16(22)7-5-15/h4-11,13,22H,2-3,12,14H2,1H3,(H,21,23)/b20-13+. The molecule has 0 aliphatic heterocycles. The number of phenolic OH excluding ortho intramolecular Hbond substituents is 1. The Balaban J connectivity index is 1.71. The van der Waals surface area contributed by atoms with Crippen molar-refractivity contribution in [3.8, 4) is 17.2 Å². The lowest BCUT2D eigenvalue weighted by Gasteiger charge is -2.07. The second kappa shape index (κ2) is 9.97. The summed E-state index contributed by atoms with van der Waals surface area (Å²) in [6.07, 6.45) is 3.59. The van der Waals surface area contributed by atoms with Gasteiger partial charge in [-0.25, -0.2) is 5.43 Å². The van der Waals surface area contributed by atoms with Crippen molar-refractivity contribution in [2.45, 2.75) is 19.8 Å². The number of hydrogen-bond donors (Lipinski definition) is 2. The fourth-order valence-electron chi connectivity index (χ4n) is 1.89. The zero-order valence-electron chi connectivity index (χ0n) is 14.1. The van der Waals surface area contributed by atoms with Gasteiger partial charge in [0.15, 0.2) is 6.61 Å². The maximum absolute atomic E-state index is 11.7. The lowest BCUT2D eigenvalue weighted by molar-refractivity contribution is -0.123. The van der Waals surface area contributed by atoms with E-state index in [0.717, 1.165) is 24.2 Å². The Labute approximate surface area is 147 Å². The molecule has 2 aromatic carbocycles. The molecule has 132 valence electrons. The molecule has 0 radical (unpaired) electrons. The van der Waals surface area contributed by atoms with Gasteiger partial charge >= 0.3 is 0 Å². The van der Waals surface area contributed by atoms with Crippen molar-refractivity contribution >= 4 is 12.1 Å². The number of carbonyl (C=O) groups excluding carboxylic acids is 1. The summed E-state index contributed by atoms with van der Waals surface area (Å²) in [5.41, 5.74) is 3.14. The molecule has 6 heteroatoms. The largest absolute Gasteiger partial charge is 0.508 e. The minimum absolute atomic E-state index is 0.136. The molecule has 25 heavy (non-hydrogen) atoms. The fraction of sp³-hybridized carbons (Fsp3) is 0.263. The van der Waals surface area contributed by atoms with Gasteiger partial charge < -0.3 is 14.6 Å². The number of rotatable bonds is 9.